The van der Waals surface area contributed by atoms with Crippen molar-refractivity contribution < 1.29 is 23.5 Å². The molecule has 2 rings (SSSR count). The number of nitrogens with one attached hydrogen (secondary N) is 1. The monoisotopic (exact) mass is 444 g/mol. The molecule has 0 bridgehead atoms. The second-order valence-electron chi connectivity index (χ2n) is 8.16. The van der Waals surface area contributed by atoms with Gasteiger partial charge in [-0.15, -0.1) is 0 Å². The number of hydrogen-bond donors (Lipinski definition) is 1. The summed E-state index contributed by atoms with van der Waals surface area (Å²) in [6.07, 6.45) is 0.946. The average molecular weight is 445 g/mol. The van der Waals surface area contributed by atoms with E-state index < -0.39 is 6.04 Å². The van der Waals surface area contributed by atoms with E-state index in [1.807, 2.05) is 0 Å². The third-order valence-corrected chi connectivity index (χ3v) is 5.26. The van der Waals surface area contributed by atoms with E-state index in [9.17, 15) is 14.0 Å². The number of nitrogens with zero attached hydrogens (tertiary/aromatic N) is 1. The van der Waals surface area contributed by atoms with Crippen molar-refractivity contribution in [3.8, 4) is 11.5 Å². The molecule has 0 spiro atoms. The first kappa shape index (κ1) is 25.2. The predicted octanol–water partition coefficient (Wildman–Crippen LogP) is 3.97. The van der Waals surface area contributed by atoms with Gasteiger partial charge in [0.05, 0.1) is 20.6 Å². The summed E-state index contributed by atoms with van der Waals surface area (Å²) in [4.78, 5) is 27.5. The molecule has 1 N–H and O–H groups in total. The number of halogens is 1. The fourth-order valence-electron chi connectivity index (χ4n) is 3.27. The van der Waals surface area contributed by atoms with E-state index in [1.165, 1.54) is 24.1 Å². The van der Waals surface area contributed by atoms with E-state index in [1.54, 1.807) is 44.4 Å². The average Bonchev–Trinajstić information content (AvgIpc) is 2.77. The summed E-state index contributed by atoms with van der Waals surface area (Å²) in [6, 6.07) is 10.5. The first-order chi connectivity index (χ1) is 15.2. The third-order valence-electron chi connectivity index (χ3n) is 5.26. The van der Waals surface area contributed by atoms with Crippen molar-refractivity contribution in [2.75, 3.05) is 20.8 Å². The maximum Gasteiger partial charge on any atom is 0.242 e. The van der Waals surface area contributed by atoms with E-state index in [2.05, 4.69) is 19.2 Å². The van der Waals surface area contributed by atoms with Crippen LogP contribution in [0.15, 0.2) is 42.5 Å². The topological polar surface area (TPSA) is 67.9 Å². The van der Waals surface area contributed by atoms with Gasteiger partial charge >= 0.3 is 0 Å². The Morgan fingerprint density at radius 2 is 1.59 bits per heavy atom. The van der Waals surface area contributed by atoms with Crippen molar-refractivity contribution >= 4 is 11.8 Å². The number of rotatable bonds is 11. The van der Waals surface area contributed by atoms with Gasteiger partial charge in [-0.3, -0.25) is 9.59 Å². The predicted molar refractivity (Wildman–Crippen MR) is 122 cm³/mol. The summed E-state index contributed by atoms with van der Waals surface area (Å²) < 4.78 is 23.9. The third kappa shape index (κ3) is 7.25. The van der Waals surface area contributed by atoms with Gasteiger partial charge in [-0.2, -0.15) is 0 Å². The van der Waals surface area contributed by atoms with Crippen molar-refractivity contribution in [2.24, 2.45) is 5.92 Å². The Balaban J connectivity index is 2.21. The molecule has 0 aliphatic heterocycles. The first-order valence-corrected chi connectivity index (χ1v) is 10.8. The Labute approximate surface area is 189 Å². The van der Waals surface area contributed by atoms with Crippen molar-refractivity contribution in [1.29, 1.82) is 0 Å². The van der Waals surface area contributed by atoms with Crippen LogP contribution in [0, 0.1) is 11.7 Å². The van der Waals surface area contributed by atoms with Crippen LogP contribution < -0.4 is 14.8 Å². The summed E-state index contributed by atoms with van der Waals surface area (Å²) in [6.45, 7) is 6.63. The molecule has 0 aromatic heterocycles. The highest BCUT2D eigenvalue weighted by molar-refractivity contribution is 5.88. The maximum atomic E-state index is 13.3. The summed E-state index contributed by atoms with van der Waals surface area (Å²) >= 11 is 0. The van der Waals surface area contributed by atoms with Crippen LogP contribution in [0.1, 0.15) is 38.3 Å². The number of ether oxygens (including phenoxy) is 2. The molecule has 0 aliphatic rings. The van der Waals surface area contributed by atoms with E-state index in [-0.39, 0.29) is 30.6 Å². The zero-order valence-electron chi connectivity index (χ0n) is 19.5. The molecule has 2 aromatic carbocycles. The number of carbonyl (C=O) groups is 2. The van der Waals surface area contributed by atoms with Gasteiger partial charge in [0, 0.05) is 13.1 Å². The summed E-state index contributed by atoms with van der Waals surface area (Å²) in [7, 11) is 3.08. The minimum Gasteiger partial charge on any atom is -0.493 e. The molecule has 7 heteroatoms. The number of hydrogen-bond acceptors (Lipinski definition) is 4. The number of benzene rings is 2. The molecule has 2 amide bonds. The molecule has 0 radical (unpaired) electrons. The second kappa shape index (κ2) is 12.1. The molecular weight excluding hydrogens is 411 g/mol. The SMILES string of the molecule is COc1ccc(CC(=O)N(Cc2ccc(F)cc2)[C@H](C)C(=O)NCCC(C)C)cc1OC. The smallest absolute Gasteiger partial charge is 0.242 e. The zero-order chi connectivity index (χ0) is 23.7. The molecule has 0 heterocycles. The Bertz CT molecular complexity index is 899. The van der Waals surface area contributed by atoms with Crippen LogP contribution >= 0.6 is 0 Å². The van der Waals surface area contributed by atoms with Gasteiger partial charge in [-0.05, 0) is 54.7 Å². The van der Waals surface area contributed by atoms with Crippen LogP contribution in [0.5, 0.6) is 11.5 Å². The molecule has 0 fully saturated rings. The number of carbonyl (C=O) groups excluding carboxylic acids is 2. The van der Waals surface area contributed by atoms with E-state index in [0.29, 0.717) is 24.0 Å². The van der Waals surface area contributed by atoms with Crippen molar-refractivity contribution in [2.45, 2.75) is 46.2 Å². The van der Waals surface area contributed by atoms with Gasteiger partial charge < -0.3 is 19.7 Å². The van der Waals surface area contributed by atoms with Gasteiger partial charge in [0.15, 0.2) is 11.5 Å². The molecule has 32 heavy (non-hydrogen) atoms. The van der Waals surface area contributed by atoms with Gasteiger partial charge in [0.1, 0.15) is 11.9 Å². The molecular formula is C25H33FN2O4. The molecule has 0 saturated carbocycles. The lowest BCUT2D eigenvalue weighted by atomic mass is 10.1. The summed E-state index contributed by atoms with van der Waals surface area (Å²) in [5, 5.41) is 2.91. The fourth-order valence-corrected chi connectivity index (χ4v) is 3.27. The minimum atomic E-state index is -0.681. The molecule has 1 atom stereocenters. The summed E-state index contributed by atoms with van der Waals surface area (Å²) in [5.41, 5.74) is 1.48. The van der Waals surface area contributed by atoms with E-state index >= 15 is 0 Å². The molecule has 174 valence electrons. The highest BCUT2D eigenvalue weighted by Gasteiger charge is 2.26. The lowest BCUT2D eigenvalue weighted by molar-refractivity contribution is -0.140. The molecule has 0 aliphatic carbocycles. The fraction of sp³-hybridized carbons (Fsp3) is 0.440. The normalized spacial score (nSPS) is 11.7. The standard InChI is InChI=1S/C25H33FN2O4/c1-17(2)12-13-27-25(30)18(3)28(16-19-6-9-21(26)10-7-19)24(29)15-20-8-11-22(31-4)23(14-20)32-5/h6-11,14,17-18H,12-13,15-16H2,1-5H3,(H,27,30)/t18-/m1/s1. The van der Waals surface area contributed by atoms with Gasteiger partial charge in [0.25, 0.3) is 0 Å². The first-order valence-electron chi connectivity index (χ1n) is 10.8. The van der Waals surface area contributed by atoms with E-state index in [4.69, 9.17) is 9.47 Å². The Morgan fingerprint density at radius 3 is 2.19 bits per heavy atom. The van der Waals surface area contributed by atoms with Crippen molar-refractivity contribution in [1.82, 2.24) is 10.2 Å². The number of methoxy groups -OCH3 is 2. The van der Waals surface area contributed by atoms with Crippen LogP contribution in [-0.4, -0.2) is 43.5 Å². The van der Waals surface area contributed by atoms with Gasteiger partial charge in [-0.25, -0.2) is 4.39 Å². The Morgan fingerprint density at radius 1 is 0.969 bits per heavy atom. The zero-order valence-corrected chi connectivity index (χ0v) is 19.5. The Kier molecular flexibility index (Phi) is 9.50. The lowest BCUT2D eigenvalue weighted by Crippen LogP contribution is -2.48. The molecule has 6 nitrogen and oxygen atoms in total. The molecule has 0 unspecified atom stereocenters. The highest BCUT2D eigenvalue weighted by atomic mass is 19.1. The van der Waals surface area contributed by atoms with Crippen LogP contribution in [0.25, 0.3) is 0 Å². The van der Waals surface area contributed by atoms with Crippen molar-refractivity contribution in [3.05, 3.63) is 59.4 Å². The Hall–Kier alpha value is -3.09. The van der Waals surface area contributed by atoms with Crippen molar-refractivity contribution in [3.63, 3.8) is 0 Å². The van der Waals surface area contributed by atoms with Crippen LogP contribution in [0.3, 0.4) is 0 Å². The van der Waals surface area contributed by atoms with Crippen LogP contribution in [0.4, 0.5) is 4.39 Å². The quantitative estimate of drug-likeness (QED) is 0.570. The van der Waals surface area contributed by atoms with Gasteiger partial charge in [0.2, 0.25) is 11.8 Å². The van der Waals surface area contributed by atoms with Crippen LogP contribution in [-0.2, 0) is 22.6 Å². The summed E-state index contributed by atoms with van der Waals surface area (Å²) in [5.74, 6) is 0.789. The second-order valence-corrected chi connectivity index (χ2v) is 8.16. The number of amides is 2. The van der Waals surface area contributed by atoms with E-state index in [0.717, 1.165) is 17.5 Å². The maximum absolute atomic E-state index is 13.3. The highest BCUT2D eigenvalue weighted by Crippen LogP contribution is 2.28. The lowest BCUT2D eigenvalue weighted by Gasteiger charge is -2.29. The largest absolute Gasteiger partial charge is 0.493 e. The van der Waals surface area contributed by atoms with Gasteiger partial charge in [-0.1, -0.05) is 32.0 Å². The minimum absolute atomic E-state index is 0.0885. The van der Waals surface area contributed by atoms with Crippen LogP contribution in [0.2, 0.25) is 0 Å². The molecule has 0 saturated heterocycles. The molecule has 2 aromatic rings.